The summed E-state index contributed by atoms with van der Waals surface area (Å²) in [6, 6.07) is 12.9. The number of halogens is 1. The van der Waals surface area contributed by atoms with Gasteiger partial charge in [-0.1, -0.05) is 28.1 Å². The van der Waals surface area contributed by atoms with Gasteiger partial charge in [0.25, 0.3) is 5.91 Å². The molecule has 142 valence electrons. The number of ether oxygens (including phenoxy) is 2. The maximum absolute atomic E-state index is 12.2. The molecule has 0 radical (unpaired) electrons. The first-order valence-electron chi connectivity index (χ1n) is 8.75. The van der Waals surface area contributed by atoms with Gasteiger partial charge < -0.3 is 20.1 Å². The molecule has 6 nitrogen and oxygen atoms in total. The Hall–Kier alpha value is -2.54. The number of fused-ring (bicyclic) bond motifs is 1. The average Bonchev–Trinajstić information content (AvgIpc) is 2.64. The number of carbonyl (C=O) groups is 2. The Labute approximate surface area is 166 Å². The van der Waals surface area contributed by atoms with E-state index in [9.17, 15) is 9.59 Å². The van der Waals surface area contributed by atoms with Gasteiger partial charge in [0.2, 0.25) is 5.91 Å². The summed E-state index contributed by atoms with van der Waals surface area (Å²) in [4.78, 5) is 23.6. The van der Waals surface area contributed by atoms with Gasteiger partial charge in [0, 0.05) is 10.9 Å². The Morgan fingerprint density at radius 1 is 1.33 bits per heavy atom. The summed E-state index contributed by atoms with van der Waals surface area (Å²) < 4.78 is 11.9. The van der Waals surface area contributed by atoms with E-state index in [1.807, 2.05) is 43.3 Å². The van der Waals surface area contributed by atoms with E-state index in [-0.39, 0.29) is 24.5 Å². The van der Waals surface area contributed by atoms with Crippen molar-refractivity contribution >= 4 is 33.4 Å². The highest BCUT2D eigenvalue weighted by molar-refractivity contribution is 9.10. The second-order valence-electron chi connectivity index (χ2n) is 6.29. The fourth-order valence-corrected chi connectivity index (χ4v) is 3.12. The van der Waals surface area contributed by atoms with Gasteiger partial charge >= 0.3 is 0 Å². The van der Waals surface area contributed by atoms with E-state index in [1.165, 1.54) is 0 Å². The van der Waals surface area contributed by atoms with Crippen molar-refractivity contribution in [3.8, 4) is 11.5 Å². The number of nitrogens with one attached hydrogen (secondary N) is 2. The van der Waals surface area contributed by atoms with Crippen molar-refractivity contribution in [2.45, 2.75) is 25.8 Å². The van der Waals surface area contributed by atoms with Crippen LogP contribution in [0.1, 0.15) is 31.4 Å². The smallest absolute Gasteiger partial charge is 0.262 e. The fraction of sp³-hybridized carbons (Fsp3) is 0.300. The molecule has 1 atom stereocenters. The molecule has 0 saturated heterocycles. The topological polar surface area (TPSA) is 76.7 Å². The van der Waals surface area contributed by atoms with E-state index in [0.717, 1.165) is 15.8 Å². The molecule has 27 heavy (non-hydrogen) atoms. The lowest BCUT2D eigenvalue weighted by molar-refractivity contribution is -0.122. The third kappa shape index (κ3) is 5.47. The zero-order valence-electron chi connectivity index (χ0n) is 15.0. The highest BCUT2D eigenvalue weighted by atomic mass is 79.9. The lowest BCUT2D eigenvalue weighted by Crippen LogP contribution is -2.28. The molecule has 0 bridgehead atoms. The van der Waals surface area contributed by atoms with Crippen molar-refractivity contribution in [3.05, 3.63) is 52.5 Å². The molecule has 1 aliphatic rings. The van der Waals surface area contributed by atoms with Crippen molar-refractivity contribution in [1.29, 1.82) is 0 Å². The van der Waals surface area contributed by atoms with Crippen molar-refractivity contribution < 1.29 is 19.1 Å². The molecule has 0 aliphatic carbocycles. The Bertz CT molecular complexity index is 840. The number of hydrogen-bond acceptors (Lipinski definition) is 4. The minimum atomic E-state index is -0.179. The quantitative estimate of drug-likeness (QED) is 0.651. The first-order valence-corrected chi connectivity index (χ1v) is 9.55. The number of amides is 2. The molecular formula is C20H21BrN2O4. The van der Waals surface area contributed by atoms with Gasteiger partial charge in [0.15, 0.2) is 6.61 Å². The van der Waals surface area contributed by atoms with Crippen LogP contribution in [-0.4, -0.2) is 25.0 Å². The van der Waals surface area contributed by atoms with Crippen LogP contribution in [0.25, 0.3) is 0 Å². The minimum absolute atomic E-state index is 0.0284. The molecule has 7 heteroatoms. The summed E-state index contributed by atoms with van der Waals surface area (Å²) in [5.74, 6) is 1.19. The van der Waals surface area contributed by atoms with Crippen LogP contribution in [0.4, 0.5) is 5.69 Å². The molecule has 1 aliphatic heterocycles. The highest BCUT2D eigenvalue weighted by Crippen LogP contribution is 2.30. The van der Waals surface area contributed by atoms with Crippen LogP contribution in [0.2, 0.25) is 0 Å². The van der Waals surface area contributed by atoms with Crippen molar-refractivity contribution in [2.75, 3.05) is 18.5 Å². The summed E-state index contributed by atoms with van der Waals surface area (Å²) in [5, 5.41) is 5.74. The molecule has 2 aromatic carbocycles. The molecule has 1 heterocycles. The summed E-state index contributed by atoms with van der Waals surface area (Å²) >= 11 is 3.39. The number of hydrogen-bond donors (Lipinski definition) is 2. The third-order valence-electron chi connectivity index (χ3n) is 4.13. The van der Waals surface area contributed by atoms with Crippen LogP contribution in [-0.2, 0) is 9.59 Å². The maximum atomic E-state index is 12.2. The Morgan fingerprint density at radius 3 is 3.00 bits per heavy atom. The molecular weight excluding hydrogens is 412 g/mol. The molecule has 0 fully saturated rings. The van der Waals surface area contributed by atoms with E-state index in [4.69, 9.17) is 9.47 Å². The standard InChI is InChI=1S/C20H21BrN2O4/c1-13(14-7-8-18-17(10-14)23-20(25)12-27-18)22-19(24)6-3-9-26-16-5-2-4-15(21)11-16/h2,4-5,7-8,10-11,13H,3,6,9,12H2,1H3,(H,22,24)(H,23,25). The summed E-state index contributed by atoms with van der Waals surface area (Å²) in [7, 11) is 0. The second kappa shape index (κ2) is 8.90. The number of benzene rings is 2. The minimum Gasteiger partial charge on any atom is -0.494 e. The van der Waals surface area contributed by atoms with Gasteiger partial charge in [-0.05, 0) is 49.2 Å². The zero-order valence-corrected chi connectivity index (χ0v) is 16.5. The van der Waals surface area contributed by atoms with Crippen LogP contribution in [0.15, 0.2) is 46.9 Å². The SMILES string of the molecule is CC(NC(=O)CCCOc1cccc(Br)c1)c1ccc2c(c1)NC(=O)CO2. The van der Waals surface area contributed by atoms with Crippen molar-refractivity contribution in [1.82, 2.24) is 5.32 Å². The van der Waals surface area contributed by atoms with Gasteiger partial charge in [-0.15, -0.1) is 0 Å². The van der Waals surface area contributed by atoms with Crippen LogP contribution in [0, 0.1) is 0 Å². The maximum Gasteiger partial charge on any atom is 0.262 e. The van der Waals surface area contributed by atoms with E-state index < -0.39 is 0 Å². The fourth-order valence-electron chi connectivity index (χ4n) is 2.75. The predicted octanol–water partition coefficient (Wildman–Crippen LogP) is 3.82. The van der Waals surface area contributed by atoms with Gasteiger partial charge in [-0.2, -0.15) is 0 Å². The summed E-state index contributed by atoms with van der Waals surface area (Å²) in [5.41, 5.74) is 1.53. The monoisotopic (exact) mass is 432 g/mol. The highest BCUT2D eigenvalue weighted by Gasteiger charge is 2.18. The molecule has 2 amide bonds. The molecule has 2 aromatic rings. The van der Waals surface area contributed by atoms with Gasteiger partial charge in [0.05, 0.1) is 18.3 Å². The van der Waals surface area contributed by atoms with E-state index in [2.05, 4.69) is 26.6 Å². The molecule has 0 saturated carbocycles. The normalized spacial score (nSPS) is 13.8. The van der Waals surface area contributed by atoms with E-state index >= 15 is 0 Å². The molecule has 2 N–H and O–H groups in total. The number of carbonyl (C=O) groups excluding carboxylic acids is 2. The largest absolute Gasteiger partial charge is 0.494 e. The van der Waals surface area contributed by atoms with Crippen LogP contribution >= 0.6 is 15.9 Å². The number of anilines is 1. The summed E-state index contributed by atoms with van der Waals surface area (Å²) in [6.07, 6.45) is 1.00. The van der Waals surface area contributed by atoms with Gasteiger partial charge in [-0.3, -0.25) is 9.59 Å². The Morgan fingerprint density at radius 2 is 2.19 bits per heavy atom. The van der Waals surface area contributed by atoms with Gasteiger partial charge in [0.1, 0.15) is 11.5 Å². The van der Waals surface area contributed by atoms with E-state index in [1.54, 1.807) is 6.07 Å². The molecule has 0 aromatic heterocycles. The molecule has 1 unspecified atom stereocenters. The molecule has 3 rings (SSSR count). The first kappa shape index (κ1) is 19.2. The predicted molar refractivity (Wildman–Crippen MR) is 106 cm³/mol. The van der Waals surface area contributed by atoms with Crippen LogP contribution < -0.4 is 20.1 Å². The Kier molecular flexibility index (Phi) is 6.34. The van der Waals surface area contributed by atoms with Crippen LogP contribution in [0.3, 0.4) is 0 Å². The van der Waals surface area contributed by atoms with E-state index in [0.29, 0.717) is 30.9 Å². The van der Waals surface area contributed by atoms with Crippen molar-refractivity contribution in [2.24, 2.45) is 0 Å². The zero-order chi connectivity index (χ0) is 19.2. The van der Waals surface area contributed by atoms with Crippen LogP contribution in [0.5, 0.6) is 11.5 Å². The average molecular weight is 433 g/mol. The number of rotatable bonds is 7. The lowest BCUT2D eigenvalue weighted by atomic mass is 10.1. The first-order chi connectivity index (χ1) is 13.0. The summed E-state index contributed by atoms with van der Waals surface area (Å²) in [6.45, 7) is 2.41. The van der Waals surface area contributed by atoms with Crippen molar-refractivity contribution in [3.63, 3.8) is 0 Å². The van der Waals surface area contributed by atoms with Gasteiger partial charge in [-0.25, -0.2) is 0 Å². The molecule has 0 spiro atoms. The lowest BCUT2D eigenvalue weighted by Gasteiger charge is -2.21. The Balaban J connectivity index is 1.45. The second-order valence-corrected chi connectivity index (χ2v) is 7.21. The third-order valence-corrected chi connectivity index (χ3v) is 4.62.